The lowest BCUT2D eigenvalue weighted by molar-refractivity contribution is -0.120. The fourth-order valence-electron chi connectivity index (χ4n) is 3.36. The Balaban J connectivity index is 1.43. The molecule has 0 aliphatic rings. The maximum absolute atomic E-state index is 13.9. The molecular weight excluding hydrogens is 371 g/mol. The zero-order chi connectivity index (χ0) is 20.4. The SMILES string of the molecule is COc1cccc(-n2cc(CNC(=O)Cc3c(C)[nH]c4c(F)cccc34)cn2)c1. The maximum Gasteiger partial charge on any atom is 0.224 e. The van der Waals surface area contributed by atoms with E-state index < -0.39 is 0 Å². The van der Waals surface area contributed by atoms with E-state index in [1.165, 1.54) is 6.07 Å². The molecule has 0 aliphatic heterocycles. The van der Waals surface area contributed by atoms with E-state index in [1.54, 1.807) is 24.1 Å². The molecule has 2 aromatic heterocycles. The average Bonchev–Trinajstić information content (AvgIpc) is 3.33. The lowest BCUT2D eigenvalue weighted by atomic mass is 10.1. The second kappa shape index (κ2) is 7.79. The number of hydrogen-bond acceptors (Lipinski definition) is 3. The smallest absolute Gasteiger partial charge is 0.224 e. The standard InChI is InChI=1S/C22H21FN4O2/c1-14-19(18-7-4-8-20(23)22(18)26-14)10-21(28)24-11-15-12-25-27(13-15)16-5-3-6-17(9-16)29-2/h3-9,12-13,26H,10-11H2,1-2H3,(H,24,28). The summed E-state index contributed by atoms with van der Waals surface area (Å²) in [5.41, 5.74) is 3.80. The molecule has 4 rings (SSSR count). The number of methoxy groups -OCH3 is 1. The molecule has 1 amide bonds. The van der Waals surface area contributed by atoms with E-state index in [-0.39, 0.29) is 18.1 Å². The van der Waals surface area contributed by atoms with Crippen LogP contribution in [0.15, 0.2) is 54.9 Å². The zero-order valence-electron chi connectivity index (χ0n) is 16.2. The van der Waals surface area contributed by atoms with Crippen molar-refractivity contribution in [3.05, 3.63) is 77.5 Å². The van der Waals surface area contributed by atoms with Gasteiger partial charge in [-0.25, -0.2) is 9.07 Å². The molecule has 0 spiro atoms. The molecule has 0 unspecified atom stereocenters. The summed E-state index contributed by atoms with van der Waals surface area (Å²) in [5, 5.41) is 7.99. The first-order chi connectivity index (χ1) is 14.0. The summed E-state index contributed by atoms with van der Waals surface area (Å²) in [4.78, 5) is 15.5. The van der Waals surface area contributed by atoms with Gasteiger partial charge in [0, 0.05) is 35.5 Å². The molecule has 0 bridgehead atoms. The third kappa shape index (κ3) is 3.85. The maximum atomic E-state index is 13.9. The van der Waals surface area contributed by atoms with Crippen LogP contribution in [0.1, 0.15) is 16.8 Å². The van der Waals surface area contributed by atoms with Crippen LogP contribution in [0.4, 0.5) is 4.39 Å². The van der Waals surface area contributed by atoms with Crippen LogP contribution in [0, 0.1) is 12.7 Å². The van der Waals surface area contributed by atoms with Crippen molar-refractivity contribution in [2.45, 2.75) is 19.9 Å². The highest BCUT2D eigenvalue weighted by Crippen LogP contribution is 2.24. The van der Waals surface area contributed by atoms with Crippen LogP contribution in [0.5, 0.6) is 5.75 Å². The Kier molecular flexibility index (Phi) is 5.03. The highest BCUT2D eigenvalue weighted by atomic mass is 19.1. The predicted molar refractivity (Wildman–Crippen MR) is 109 cm³/mol. The molecule has 7 heteroatoms. The Hall–Kier alpha value is -3.61. The number of halogens is 1. The number of hydrogen-bond donors (Lipinski definition) is 2. The molecule has 0 radical (unpaired) electrons. The van der Waals surface area contributed by atoms with Gasteiger partial charge in [-0.05, 0) is 30.7 Å². The number of aromatic amines is 1. The van der Waals surface area contributed by atoms with E-state index in [2.05, 4.69) is 15.4 Å². The zero-order valence-corrected chi connectivity index (χ0v) is 16.2. The second-order valence-corrected chi connectivity index (χ2v) is 6.84. The molecule has 2 N–H and O–H groups in total. The molecule has 0 fully saturated rings. The van der Waals surface area contributed by atoms with Crippen LogP contribution in [0.3, 0.4) is 0 Å². The van der Waals surface area contributed by atoms with Gasteiger partial charge in [0.25, 0.3) is 0 Å². The first kappa shape index (κ1) is 18.7. The van der Waals surface area contributed by atoms with Crippen molar-refractivity contribution in [3.63, 3.8) is 0 Å². The van der Waals surface area contributed by atoms with Crippen molar-refractivity contribution in [1.29, 1.82) is 0 Å². The molecule has 6 nitrogen and oxygen atoms in total. The van der Waals surface area contributed by atoms with Gasteiger partial charge < -0.3 is 15.0 Å². The Bertz CT molecular complexity index is 1180. The number of benzene rings is 2. The highest BCUT2D eigenvalue weighted by Gasteiger charge is 2.14. The first-order valence-electron chi connectivity index (χ1n) is 9.25. The van der Waals surface area contributed by atoms with Crippen LogP contribution >= 0.6 is 0 Å². The molecule has 148 valence electrons. The van der Waals surface area contributed by atoms with E-state index in [0.29, 0.717) is 12.1 Å². The number of rotatable bonds is 6. The van der Waals surface area contributed by atoms with Crippen molar-refractivity contribution < 1.29 is 13.9 Å². The topological polar surface area (TPSA) is 71.9 Å². The molecule has 29 heavy (non-hydrogen) atoms. The van der Waals surface area contributed by atoms with Gasteiger partial charge in [0.15, 0.2) is 0 Å². The van der Waals surface area contributed by atoms with Crippen molar-refractivity contribution in [2.24, 2.45) is 0 Å². The predicted octanol–water partition coefficient (Wildman–Crippen LogP) is 3.67. The number of para-hydroxylation sites is 1. The highest BCUT2D eigenvalue weighted by molar-refractivity contribution is 5.90. The van der Waals surface area contributed by atoms with Gasteiger partial charge in [0.2, 0.25) is 5.91 Å². The first-order valence-corrected chi connectivity index (χ1v) is 9.25. The summed E-state index contributed by atoms with van der Waals surface area (Å²) < 4.78 is 20.9. The van der Waals surface area contributed by atoms with Crippen molar-refractivity contribution >= 4 is 16.8 Å². The van der Waals surface area contributed by atoms with E-state index in [9.17, 15) is 9.18 Å². The summed E-state index contributed by atoms with van der Waals surface area (Å²) in [6, 6.07) is 12.4. The number of ether oxygens (including phenoxy) is 1. The molecule has 0 aliphatic carbocycles. The minimum absolute atomic E-state index is 0.132. The van der Waals surface area contributed by atoms with Gasteiger partial charge in [0.1, 0.15) is 11.6 Å². The van der Waals surface area contributed by atoms with E-state index in [4.69, 9.17) is 4.74 Å². The number of carbonyl (C=O) groups excluding carboxylic acids is 1. The molecule has 2 heterocycles. The Labute approximate surface area is 167 Å². The third-order valence-electron chi connectivity index (χ3n) is 4.88. The van der Waals surface area contributed by atoms with E-state index >= 15 is 0 Å². The van der Waals surface area contributed by atoms with E-state index in [0.717, 1.165) is 33.6 Å². The molecule has 0 saturated heterocycles. The third-order valence-corrected chi connectivity index (χ3v) is 4.88. The summed E-state index contributed by atoms with van der Waals surface area (Å²) in [7, 11) is 1.62. The minimum atomic E-state index is -0.317. The number of amides is 1. The number of nitrogens with one attached hydrogen (secondary N) is 2. The quantitative estimate of drug-likeness (QED) is 0.526. The average molecular weight is 392 g/mol. The number of fused-ring (bicyclic) bond motifs is 1. The van der Waals surface area contributed by atoms with Crippen molar-refractivity contribution in [1.82, 2.24) is 20.1 Å². The van der Waals surface area contributed by atoms with Crippen molar-refractivity contribution in [2.75, 3.05) is 7.11 Å². The number of aryl methyl sites for hydroxylation is 1. The molecular formula is C22H21FN4O2. The lowest BCUT2D eigenvalue weighted by Crippen LogP contribution is -2.24. The van der Waals surface area contributed by atoms with Crippen molar-refractivity contribution in [3.8, 4) is 11.4 Å². The summed E-state index contributed by atoms with van der Waals surface area (Å²) in [6.45, 7) is 2.21. The molecule has 2 aromatic carbocycles. The van der Waals surface area contributed by atoms with Crippen LogP contribution in [0.25, 0.3) is 16.6 Å². The van der Waals surface area contributed by atoms with Gasteiger partial charge in [-0.1, -0.05) is 18.2 Å². The minimum Gasteiger partial charge on any atom is -0.497 e. The van der Waals surface area contributed by atoms with Crippen LogP contribution in [0.2, 0.25) is 0 Å². The number of carbonyl (C=O) groups is 1. The van der Waals surface area contributed by atoms with Gasteiger partial charge in [0.05, 0.1) is 30.9 Å². The fourth-order valence-corrected chi connectivity index (χ4v) is 3.36. The Morgan fingerprint density at radius 3 is 2.93 bits per heavy atom. The van der Waals surface area contributed by atoms with E-state index in [1.807, 2.05) is 43.5 Å². The monoisotopic (exact) mass is 392 g/mol. The lowest BCUT2D eigenvalue weighted by Gasteiger charge is -2.05. The second-order valence-electron chi connectivity index (χ2n) is 6.84. The summed E-state index contributed by atoms with van der Waals surface area (Å²) >= 11 is 0. The fraction of sp³-hybridized carbons (Fsp3) is 0.182. The molecule has 0 atom stereocenters. The van der Waals surface area contributed by atoms with Crippen LogP contribution in [-0.2, 0) is 17.8 Å². The largest absolute Gasteiger partial charge is 0.497 e. The summed E-state index contributed by atoms with van der Waals surface area (Å²) in [5.74, 6) is 0.299. The van der Waals surface area contributed by atoms with Crippen LogP contribution in [-0.4, -0.2) is 27.8 Å². The van der Waals surface area contributed by atoms with Crippen LogP contribution < -0.4 is 10.1 Å². The molecule has 0 saturated carbocycles. The Morgan fingerprint density at radius 2 is 2.10 bits per heavy atom. The Morgan fingerprint density at radius 1 is 1.28 bits per heavy atom. The number of nitrogens with zero attached hydrogens (tertiary/aromatic N) is 2. The van der Waals surface area contributed by atoms with Gasteiger partial charge in [-0.15, -0.1) is 0 Å². The number of H-pyrrole nitrogens is 1. The molecule has 4 aromatic rings. The van der Waals surface area contributed by atoms with Gasteiger partial charge in [-0.2, -0.15) is 5.10 Å². The van der Waals surface area contributed by atoms with Gasteiger partial charge >= 0.3 is 0 Å². The summed E-state index contributed by atoms with van der Waals surface area (Å²) in [6.07, 6.45) is 3.76. The van der Waals surface area contributed by atoms with Gasteiger partial charge in [-0.3, -0.25) is 4.79 Å². The normalized spacial score (nSPS) is 11.0. The number of aromatic nitrogens is 3.